The van der Waals surface area contributed by atoms with Gasteiger partial charge < -0.3 is 10.3 Å². The van der Waals surface area contributed by atoms with Crippen LogP contribution in [0, 0.1) is 5.82 Å². The van der Waals surface area contributed by atoms with E-state index in [2.05, 4.69) is 21.4 Å². The Balaban J connectivity index is 1.56. The molecule has 1 aliphatic heterocycles. The third-order valence-electron chi connectivity index (χ3n) is 5.05. The first-order valence-electron chi connectivity index (χ1n) is 8.88. The second-order valence-electron chi connectivity index (χ2n) is 6.72. The molecule has 4 heterocycles. The number of nitrogens with zero attached hydrogens (tertiary/aromatic N) is 2. The Bertz CT molecular complexity index is 1210. The Morgan fingerprint density at radius 1 is 1.11 bits per heavy atom. The highest BCUT2D eigenvalue weighted by Gasteiger charge is 2.15. The molecule has 0 radical (unpaired) electrons. The van der Waals surface area contributed by atoms with Crippen molar-refractivity contribution in [3.63, 3.8) is 0 Å². The summed E-state index contributed by atoms with van der Waals surface area (Å²) in [5, 5.41) is 4.59. The number of hydrogen-bond acceptors (Lipinski definition) is 3. The minimum absolute atomic E-state index is 0.157. The fourth-order valence-corrected chi connectivity index (χ4v) is 3.69. The highest BCUT2D eigenvalue weighted by Crippen LogP contribution is 2.26. The molecule has 0 saturated heterocycles. The summed E-state index contributed by atoms with van der Waals surface area (Å²) in [5.74, 6) is -0.399. The van der Waals surface area contributed by atoms with Crippen molar-refractivity contribution in [2.75, 3.05) is 6.54 Å². The fourth-order valence-electron chi connectivity index (χ4n) is 3.69. The molecule has 5 nitrogen and oxygen atoms in total. The Morgan fingerprint density at radius 2 is 2.04 bits per heavy atom. The van der Waals surface area contributed by atoms with E-state index in [0.29, 0.717) is 11.3 Å². The van der Waals surface area contributed by atoms with E-state index in [1.807, 2.05) is 18.2 Å². The van der Waals surface area contributed by atoms with E-state index in [0.717, 1.165) is 36.9 Å². The van der Waals surface area contributed by atoms with E-state index in [-0.39, 0.29) is 5.56 Å². The van der Waals surface area contributed by atoms with Gasteiger partial charge in [-0.3, -0.25) is 14.3 Å². The van der Waals surface area contributed by atoms with Crippen molar-refractivity contribution in [2.24, 2.45) is 0 Å². The highest BCUT2D eigenvalue weighted by atomic mass is 19.1. The number of nitrogens with one attached hydrogen (secondary N) is 2. The zero-order valence-electron chi connectivity index (χ0n) is 14.5. The second-order valence-corrected chi connectivity index (χ2v) is 6.72. The number of pyridine rings is 2. The second kappa shape index (κ2) is 6.17. The number of aromatic nitrogens is 3. The Hall–Kier alpha value is -3.25. The molecule has 0 atom stereocenters. The van der Waals surface area contributed by atoms with Crippen LogP contribution in [0.25, 0.3) is 27.8 Å². The van der Waals surface area contributed by atoms with Crippen LogP contribution in [0.1, 0.15) is 11.3 Å². The fraction of sp³-hybridized carbons (Fsp3) is 0.143. The van der Waals surface area contributed by atoms with Gasteiger partial charge in [0.1, 0.15) is 5.82 Å². The third kappa shape index (κ3) is 2.74. The van der Waals surface area contributed by atoms with Gasteiger partial charge in [0.2, 0.25) is 0 Å². The maximum absolute atomic E-state index is 13.0. The topological polar surface area (TPSA) is 62.7 Å². The van der Waals surface area contributed by atoms with Crippen LogP contribution in [-0.4, -0.2) is 21.1 Å². The molecular formula is C21H17FN4O. The standard InChI is InChI=1S/C21H17FN4O/c22-14-1-4-18(24-11-14)13-6-8-26(21(27)9-13)15-2-3-16-17-12-23-7-5-19(17)25-20(16)10-15/h1-4,6,8-11,23,25H,5,7,12H2. The molecule has 0 amide bonds. The van der Waals surface area contributed by atoms with Crippen LogP contribution in [-0.2, 0) is 13.0 Å². The van der Waals surface area contributed by atoms with Crippen molar-refractivity contribution >= 4 is 10.9 Å². The first kappa shape index (κ1) is 16.0. The monoisotopic (exact) mass is 360 g/mol. The van der Waals surface area contributed by atoms with E-state index < -0.39 is 5.82 Å². The number of aromatic amines is 1. The predicted octanol–water partition coefficient (Wildman–Crippen LogP) is 3.17. The van der Waals surface area contributed by atoms with Gasteiger partial charge in [-0.2, -0.15) is 0 Å². The Labute approximate surface area is 154 Å². The maximum Gasteiger partial charge on any atom is 0.255 e. The lowest BCUT2D eigenvalue weighted by Gasteiger charge is -2.12. The predicted molar refractivity (Wildman–Crippen MR) is 102 cm³/mol. The molecule has 27 heavy (non-hydrogen) atoms. The summed E-state index contributed by atoms with van der Waals surface area (Å²) < 4.78 is 14.6. The number of halogens is 1. The average molecular weight is 360 g/mol. The van der Waals surface area contributed by atoms with Crippen LogP contribution in [0.15, 0.2) is 59.7 Å². The summed E-state index contributed by atoms with van der Waals surface area (Å²) in [6.07, 6.45) is 3.86. The number of H-pyrrole nitrogens is 1. The summed E-state index contributed by atoms with van der Waals surface area (Å²) >= 11 is 0. The summed E-state index contributed by atoms with van der Waals surface area (Å²) in [7, 11) is 0. The number of rotatable bonds is 2. The zero-order chi connectivity index (χ0) is 18.4. The van der Waals surface area contributed by atoms with Crippen molar-refractivity contribution in [1.29, 1.82) is 0 Å². The molecule has 4 aromatic rings. The molecule has 0 aliphatic carbocycles. The van der Waals surface area contributed by atoms with Gasteiger partial charge in [-0.05, 0) is 35.9 Å². The molecule has 3 aromatic heterocycles. The first-order valence-corrected chi connectivity index (χ1v) is 8.88. The molecule has 5 rings (SSSR count). The van der Waals surface area contributed by atoms with E-state index >= 15 is 0 Å². The van der Waals surface area contributed by atoms with Crippen molar-refractivity contribution in [3.8, 4) is 16.9 Å². The molecule has 0 spiro atoms. The molecule has 2 N–H and O–H groups in total. The van der Waals surface area contributed by atoms with Gasteiger partial charge in [-0.25, -0.2) is 4.39 Å². The van der Waals surface area contributed by atoms with Gasteiger partial charge >= 0.3 is 0 Å². The largest absolute Gasteiger partial charge is 0.358 e. The van der Waals surface area contributed by atoms with Crippen LogP contribution >= 0.6 is 0 Å². The van der Waals surface area contributed by atoms with Crippen molar-refractivity contribution in [3.05, 3.63) is 82.3 Å². The van der Waals surface area contributed by atoms with Crippen LogP contribution in [0.5, 0.6) is 0 Å². The highest BCUT2D eigenvalue weighted by molar-refractivity contribution is 5.86. The van der Waals surface area contributed by atoms with Crippen molar-refractivity contribution in [1.82, 2.24) is 19.9 Å². The normalized spacial score (nSPS) is 13.7. The molecule has 134 valence electrons. The quantitative estimate of drug-likeness (QED) is 0.577. The third-order valence-corrected chi connectivity index (χ3v) is 5.05. The van der Waals surface area contributed by atoms with E-state index in [9.17, 15) is 9.18 Å². The van der Waals surface area contributed by atoms with E-state index in [4.69, 9.17) is 0 Å². The molecule has 0 unspecified atom stereocenters. The molecule has 1 aliphatic rings. The number of hydrogen-bond donors (Lipinski definition) is 2. The zero-order valence-corrected chi connectivity index (χ0v) is 14.5. The number of fused-ring (bicyclic) bond motifs is 3. The minimum atomic E-state index is -0.399. The minimum Gasteiger partial charge on any atom is -0.358 e. The summed E-state index contributed by atoms with van der Waals surface area (Å²) in [5.41, 5.74) is 5.50. The van der Waals surface area contributed by atoms with Gasteiger partial charge in [0.05, 0.1) is 17.6 Å². The van der Waals surface area contributed by atoms with Crippen LogP contribution in [0.2, 0.25) is 0 Å². The van der Waals surface area contributed by atoms with E-state index in [1.54, 1.807) is 16.8 Å². The lowest BCUT2D eigenvalue weighted by atomic mass is 10.1. The van der Waals surface area contributed by atoms with E-state index in [1.165, 1.54) is 28.8 Å². The molecule has 0 saturated carbocycles. The number of benzene rings is 1. The lowest BCUT2D eigenvalue weighted by Crippen LogP contribution is -2.22. The van der Waals surface area contributed by atoms with Gasteiger partial charge in [0, 0.05) is 53.9 Å². The summed E-state index contributed by atoms with van der Waals surface area (Å²) in [6.45, 7) is 1.85. The van der Waals surface area contributed by atoms with Crippen molar-refractivity contribution < 1.29 is 4.39 Å². The summed E-state index contributed by atoms with van der Waals surface area (Å²) in [4.78, 5) is 20.2. The molecular weight excluding hydrogens is 343 g/mol. The molecule has 6 heteroatoms. The van der Waals surface area contributed by atoms with Crippen LogP contribution in [0.3, 0.4) is 0 Å². The Kier molecular flexibility index (Phi) is 3.65. The van der Waals surface area contributed by atoms with Crippen LogP contribution in [0.4, 0.5) is 4.39 Å². The molecule has 1 aromatic carbocycles. The SMILES string of the molecule is O=c1cc(-c2ccc(F)cn2)ccn1-c1ccc2c3c([nH]c2c1)CCNC3. The van der Waals surface area contributed by atoms with Crippen molar-refractivity contribution in [2.45, 2.75) is 13.0 Å². The lowest BCUT2D eigenvalue weighted by molar-refractivity contribution is 0.622. The molecule has 0 fully saturated rings. The molecule has 0 bridgehead atoms. The summed E-state index contributed by atoms with van der Waals surface area (Å²) in [6, 6.07) is 12.3. The smallest absolute Gasteiger partial charge is 0.255 e. The maximum atomic E-state index is 13.0. The van der Waals surface area contributed by atoms with Gasteiger partial charge in [-0.15, -0.1) is 0 Å². The van der Waals surface area contributed by atoms with Gasteiger partial charge in [0.15, 0.2) is 0 Å². The first-order chi connectivity index (χ1) is 13.2. The average Bonchev–Trinajstić information content (AvgIpc) is 3.06. The van der Waals surface area contributed by atoms with Gasteiger partial charge in [0.25, 0.3) is 5.56 Å². The van der Waals surface area contributed by atoms with Crippen LogP contribution < -0.4 is 10.9 Å². The van der Waals surface area contributed by atoms with Gasteiger partial charge in [-0.1, -0.05) is 6.07 Å². The Morgan fingerprint density at radius 3 is 2.85 bits per heavy atom.